The maximum atomic E-state index is 11.9. The minimum Gasteiger partial charge on any atom is -0.277 e. The van der Waals surface area contributed by atoms with Crippen LogP contribution in [0.15, 0.2) is 12.2 Å². The number of amides is 4. The fourth-order valence-corrected chi connectivity index (χ4v) is 1.76. The number of nitrogens with one attached hydrogen (secondary N) is 2. The summed E-state index contributed by atoms with van der Waals surface area (Å²) in [5.41, 5.74) is -1.29. The zero-order chi connectivity index (χ0) is 13.2. The number of rotatable bonds is 3. The van der Waals surface area contributed by atoms with Crippen LogP contribution in [0.2, 0.25) is 0 Å². The molecule has 0 aromatic rings. The van der Waals surface area contributed by atoms with Crippen molar-refractivity contribution >= 4 is 47.4 Å². The van der Waals surface area contributed by atoms with Gasteiger partial charge < -0.3 is 0 Å². The Kier molecular flexibility index (Phi) is 6.26. The first-order valence-corrected chi connectivity index (χ1v) is 5.67. The van der Waals surface area contributed by atoms with Gasteiger partial charge in [0.25, 0.3) is 0 Å². The molecule has 0 aliphatic carbocycles. The Balaban J connectivity index is 0.00000289. The van der Waals surface area contributed by atoms with Gasteiger partial charge in [0.05, 0.1) is 0 Å². The molecule has 0 atom stereocenters. The largest absolute Gasteiger partial charge is 0.328 e. The van der Waals surface area contributed by atoms with E-state index in [-0.39, 0.29) is 41.4 Å². The second kappa shape index (κ2) is 6.50. The minimum atomic E-state index is -1.29. The molecular formula is C12H18N2NaO3. The second-order valence-electron chi connectivity index (χ2n) is 4.86. The van der Waals surface area contributed by atoms with Crippen LogP contribution in [0.1, 0.15) is 27.7 Å². The number of hydrogen-bond donors (Lipinski definition) is 2. The molecule has 1 radical (unpaired) electrons. The van der Waals surface area contributed by atoms with E-state index in [2.05, 4.69) is 10.6 Å². The molecule has 4 amide bonds. The molecule has 2 N–H and O–H groups in total. The van der Waals surface area contributed by atoms with Crippen molar-refractivity contribution in [3.05, 3.63) is 12.2 Å². The summed E-state index contributed by atoms with van der Waals surface area (Å²) >= 11 is 0. The number of urea groups is 1. The molecule has 1 aliphatic heterocycles. The van der Waals surface area contributed by atoms with Gasteiger partial charge in [-0.15, -0.1) is 0 Å². The van der Waals surface area contributed by atoms with Crippen molar-refractivity contribution in [1.82, 2.24) is 10.6 Å². The number of carbonyl (C=O) groups is 3. The molecule has 1 saturated heterocycles. The van der Waals surface area contributed by atoms with Gasteiger partial charge in [0.15, 0.2) is 0 Å². The summed E-state index contributed by atoms with van der Waals surface area (Å²) < 4.78 is 0. The van der Waals surface area contributed by atoms with Crippen LogP contribution in [-0.4, -0.2) is 47.4 Å². The van der Waals surface area contributed by atoms with Crippen LogP contribution < -0.4 is 10.6 Å². The van der Waals surface area contributed by atoms with E-state index in [9.17, 15) is 14.4 Å². The molecule has 18 heavy (non-hydrogen) atoms. The summed E-state index contributed by atoms with van der Waals surface area (Å²) in [5, 5.41) is 4.29. The molecule has 6 heteroatoms. The van der Waals surface area contributed by atoms with Gasteiger partial charge in [-0.25, -0.2) is 4.79 Å². The summed E-state index contributed by atoms with van der Waals surface area (Å²) in [7, 11) is 0. The first kappa shape index (κ1) is 17.4. The van der Waals surface area contributed by atoms with Crippen LogP contribution in [0.4, 0.5) is 4.79 Å². The minimum absolute atomic E-state index is 0. The van der Waals surface area contributed by atoms with Crippen LogP contribution >= 0.6 is 0 Å². The van der Waals surface area contributed by atoms with Crippen molar-refractivity contribution in [2.75, 3.05) is 0 Å². The molecule has 0 unspecified atom stereocenters. The number of imide groups is 2. The van der Waals surface area contributed by atoms with Gasteiger partial charge in [-0.1, -0.05) is 39.8 Å². The van der Waals surface area contributed by atoms with Crippen LogP contribution in [0.5, 0.6) is 0 Å². The SMILES string of the molecule is CC(C)C=CC1(C(C)C)C(=O)NC(=O)NC1=O.[Na]. The first-order valence-electron chi connectivity index (χ1n) is 5.67. The fraction of sp³-hybridized carbons (Fsp3) is 0.583. The third-order valence-corrected chi connectivity index (χ3v) is 2.86. The van der Waals surface area contributed by atoms with Crippen LogP contribution in [0.25, 0.3) is 0 Å². The molecular weight excluding hydrogens is 243 g/mol. The molecule has 5 nitrogen and oxygen atoms in total. The maximum Gasteiger partial charge on any atom is 0.328 e. The Bertz CT molecular complexity index is 369. The molecule has 0 spiro atoms. The molecule has 1 aliphatic rings. The summed E-state index contributed by atoms with van der Waals surface area (Å²) in [6.45, 7) is 7.46. The molecule has 0 aromatic carbocycles. The third-order valence-electron chi connectivity index (χ3n) is 2.86. The number of barbiturate groups is 1. The van der Waals surface area contributed by atoms with Gasteiger partial charge in [0, 0.05) is 29.6 Å². The number of allylic oxidation sites excluding steroid dienone is 1. The molecule has 0 saturated carbocycles. The molecule has 95 valence electrons. The van der Waals surface area contributed by atoms with E-state index in [0.717, 1.165) is 0 Å². The van der Waals surface area contributed by atoms with E-state index in [0.29, 0.717) is 0 Å². The standard InChI is InChI=1S/C12H18N2O3.Na/c1-7(2)5-6-12(8(3)4)9(15)13-11(17)14-10(12)16;/h5-8H,1-4H3,(H2,13,14,15,16,17);. The first-order chi connectivity index (χ1) is 7.80. The average molecular weight is 261 g/mol. The van der Waals surface area contributed by atoms with Gasteiger partial charge in [-0.3, -0.25) is 20.2 Å². The Labute approximate surface area is 129 Å². The molecule has 0 aromatic heterocycles. The molecule has 1 heterocycles. The summed E-state index contributed by atoms with van der Waals surface area (Å²) in [5.74, 6) is -1.12. The Morgan fingerprint density at radius 1 is 1.00 bits per heavy atom. The van der Waals surface area contributed by atoms with E-state index in [1.54, 1.807) is 26.0 Å². The molecule has 0 bridgehead atoms. The topological polar surface area (TPSA) is 75.3 Å². The van der Waals surface area contributed by atoms with Crippen molar-refractivity contribution in [2.45, 2.75) is 27.7 Å². The number of carbonyl (C=O) groups excluding carboxylic acids is 3. The zero-order valence-corrected chi connectivity index (χ0v) is 13.5. The smallest absolute Gasteiger partial charge is 0.277 e. The summed E-state index contributed by atoms with van der Waals surface area (Å²) in [6.07, 6.45) is 3.40. The van der Waals surface area contributed by atoms with Crippen molar-refractivity contribution in [1.29, 1.82) is 0 Å². The average Bonchev–Trinajstić information content (AvgIpc) is 2.15. The molecule has 1 rings (SSSR count). The van der Waals surface area contributed by atoms with E-state index < -0.39 is 23.3 Å². The second-order valence-corrected chi connectivity index (χ2v) is 4.86. The van der Waals surface area contributed by atoms with Gasteiger partial charge in [0.1, 0.15) is 5.41 Å². The van der Waals surface area contributed by atoms with E-state index >= 15 is 0 Å². The van der Waals surface area contributed by atoms with Crippen molar-refractivity contribution < 1.29 is 14.4 Å². The summed E-state index contributed by atoms with van der Waals surface area (Å²) in [6, 6.07) is -0.755. The third kappa shape index (κ3) is 3.22. The van der Waals surface area contributed by atoms with Crippen LogP contribution in [0, 0.1) is 17.3 Å². The normalized spacial score (nSPS) is 18.9. The quantitative estimate of drug-likeness (QED) is 0.449. The summed E-state index contributed by atoms with van der Waals surface area (Å²) in [4.78, 5) is 34.9. The van der Waals surface area contributed by atoms with Gasteiger partial charge in [-0.2, -0.15) is 0 Å². The Morgan fingerprint density at radius 2 is 1.44 bits per heavy atom. The van der Waals surface area contributed by atoms with Crippen molar-refractivity contribution in [3.63, 3.8) is 0 Å². The molecule has 1 fully saturated rings. The number of hydrogen-bond acceptors (Lipinski definition) is 3. The Morgan fingerprint density at radius 3 is 1.78 bits per heavy atom. The van der Waals surface area contributed by atoms with Crippen molar-refractivity contribution in [2.24, 2.45) is 17.3 Å². The maximum absolute atomic E-state index is 11.9. The van der Waals surface area contributed by atoms with Gasteiger partial charge in [-0.05, 0) is 11.8 Å². The van der Waals surface area contributed by atoms with E-state index in [4.69, 9.17) is 0 Å². The van der Waals surface area contributed by atoms with Crippen LogP contribution in [0.3, 0.4) is 0 Å². The Hall–Kier alpha value is -0.650. The van der Waals surface area contributed by atoms with Crippen LogP contribution in [-0.2, 0) is 9.59 Å². The predicted molar refractivity (Wildman–Crippen MR) is 68.7 cm³/mol. The van der Waals surface area contributed by atoms with E-state index in [1.165, 1.54) is 0 Å². The van der Waals surface area contributed by atoms with Gasteiger partial charge >= 0.3 is 6.03 Å². The zero-order valence-electron chi connectivity index (χ0n) is 11.5. The van der Waals surface area contributed by atoms with Gasteiger partial charge in [0.2, 0.25) is 11.8 Å². The fourth-order valence-electron chi connectivity index (χ4n) is 1.76. The van der Waals surface area contributed by atoms with Crippen molar-refractivity contribution in [3.8, 4) is 0 Å². The predicted octanol–water partition coefficient (Wildman–Crippen LogP) is 0.826. The monoisotopic (exact) mass is 261 g/mol. The van der Waals surface area contributed by atoms with E-state index in [1.807, 2.05) is 13.8 Å².